The van der Waals surface area contributed by atoms with Crippen molar-refractivity contribution in [1.82, 2.24) is 9.96 Å². The van der Waals surface area contributed by atoms with Crippen LogP contribution in [0.25, 0.3) is 0 Å². The molecule has 1 heterocycles. The van der Waals surface area contributed by atoms with Gasteiger partial charge in [0.2, 0.25) is 5.91 Å². The zero-order valence-corrected chi connectivity index (χ0v) is 8.82. The summed E-state index contributed by atoms with van der Waals surface area (Å²) in [4.78, 5) is 29.1. The minimum atomic E-state index is -0.618. The van der Waals surface area contributed by atoms with Crippen LogP contribution in [0.1, 0.15) is 20.3 Å². The zero-order chi connectivity index (χ0) is 10.7. The molecule has 5 heteroatoms. The molecule has 1 rings (SSSR count). The number of likely N-dealkylation sites (tertiary alicyclic amines) is 1. The van der Waals surface area contributed by atoms with Crippen LogP contribution in [0.3, 0.4) is 0 Å². The summed E-state index contributed by atoms with van der Waals surface area (Å²) in [7, 11) is 1.48. The Labute approximate surface area is 83.6 Å². The number of imide groups is 1. The van der Waals surface area contributed by atoms with Crippen molar-refractivity contribution in [1.29, 1.82) is 0 Å². The predicted molar refractivity (Wildman–Crippen MR) is 50.2 cm³/mol. The van der Waals surface area contributed by atoms with Crippen LogP contribution in [-0.4, -0.2) is 48.0 Å². The first kappa shape index (κ1) is 11.1. The summed E-state index contributed by atoms with van der Waals surface area (Å²) in [6.45, 7) is 5.29. The molecule has 1 fully saturated rings. The van der Waals surface area contributed by atoms with Crippen LogP contribution in [0, 0.1) is 0 Å². The van der Waals surface area contributed by atoms with Crippen molar-refractivity contribution in [3.63, 3.8) is 0 Å². The number of carbonyl (C=O) groups is 2. The van der Waals surface area contributed by atoms with Gasteiger partial charge in [0.05, 0.1) is 6.42 Å². The molecule has 1 aliphatic rings. The molecular weight excluding hydrogens is 184 g/mol. The van der Waals surface area contributed by atoms with Gasteiger partial charge in [-0.15, -0.1) is 0 Å². The highest BCUT2D eigenvalue weighted by atomic mass is 16.7. The Kier molecular flexibility index (Phi) is 3.60. The SMILES string of the molecule is CCN(CC)OC1CC(=O)N(C)C1=O. The van der Waals surface area contributed by atoms with Crippen LogP contribution < -0.4 is 0 Å². The highest BCUT2D eigenvalue weighted by Gasteiger charge is 2.38. The molecule has 0 saturated carbocycles. The lowest BCUT2D eigenvalue weighted by molar-refractivity contribution is -0.194. The van der Waals surface area contributed by atoms with E-state index in [0.717, 1.165) is 4.90 Å². The van der Waals surface area contributed by atoms with E-state index >= 15 is 0 Å². The first-order chi connectivity index (χ1) is 6.60. The van der Waals surface area contributed by atoms with Crippen molar-refractivity contribution in [2.75, 3.05) is 20.1 Å². The lowest BCUT2D eigenvalue weighted by atomic mass is 10.3. The summed E-state index contributed by atoms with van der Waals surface area (Å²) >= 11 is 0. The molecule has 0 radical (unpaired) electrons. The second-order valence-electron chi connectivity index (χ2n) is 3.20. The smallest absolute Gasteiger partial charge is 0.260 e. The van der Waals surface area contributed by atoms with Gasteiger partial charge >= 0.3 is 0 Å². The molecule has 80 valence electrons. The quantitative estimate of drug-likeness (QED) is 0.474. The Hall–Kier alpha value is -0.940. The van der Waals surface area contributed by atoms with Gasteiger partial charge in [0.1, 0.15) is 0 Å². The number of carbonyl (C=O) groups excluding carboxylic acids is 2. The van der Waals surface area contributed by atoms with Crippen molar-refractivity contribution in [3.05, 3.63) is 0 Å². The van der Waals surface area contributed by atoms with Crippen molar-refractivity contribution >= 4 is 11.8 Å². The average molecular weight is 200 g/mol. The molecule has 1 atom stereocenters. The molecule has 1 unspecified atom stereocenters. The third-order valence-corrected chi connectivity index (χ3v) is 2.32. The predicted octanol–water partition coefficient (Wildman–Crippen LogP) is 0.0171. The topological polar surface area (TPSA) is 49.9 Å². The van der Waals surface area contributed by atoms with E-state index in [1.165, 1.54) is 7.05 Å². The number of hydrogen-bond donors (Lipinski definition) is 0. The van der Waals surface area contributed by atoms with Gasteiger partial charge in [0, 0.05) is 20.1 Å². The van der Waals surface area contributed by atoms with Gasteiger partial charge in [0.15, 0.2) is 6.10 Å². The van der Waals surface area contributed by atoms with E-state index < -0.39 is 6.10 Å². The van der Waals surface area contributed by atoms with Crippen LogP contribution in [0.5, 0.6) is 0 Å². The van der Waals surface area contributed by atoms with Crippen molar-refractivity contribution in [3.8, 4) is 0 Å². The fourth-order valence-corrected chi connectivity index (χ4v) is 1.36. The summed E-state index contributed by atoms with van der Waals surface area (Å²) in [5, 5.41) is 1.68. The van der Waals surface area contributed by atoms with Gasteiger partial charge in [0.25, 0.3) is 5.91 Å². The first-order valence-electron chi connectivity index (χ1n) is 4.82. The molecule has 0 aliphatic carbocycles. The number of hydroxylamine groups is 2. The van der Waals surface area contributed by atoms with Crippen LogP contribution in [0.4, 0.5) is 0 Å². The maximum Gasteiger partial charge on any atom is 0.260 e. The van der Waals surface area contributed by atoms with Gasteiger partial charge < -0.3 is 0 Å². The van der Waals surface area contributed by atoms with Gasteiger partial charge in [-0.1, -0.05) is 13.8 Å². The van der Waals surface area contributed by atoms with E-state index in [1.54, 1.807) is 5.06 Å². The van der Waals surface area contributed by atoms with Crippen LogP contribution in [-0.2, 0) is 14.4 Å². The summed E-state index contributed by atoms with van der Waals surface area (Å²) in [5.41, 5.74) is 0. The maximum absolute atomic E-state index is 11.4. The third kappa shape index (κ3) is 2.10. The lowest BCUT2D eigenvalue weighted by Crippen LogP contribution is -2.35. The molecule has 0 N–H and O–H groups in total. The second-order valence-corrected chi connectivity index (χ2v) is 3.20. The summed E-state index contributed by atoms with van der Waals surface area (Å²) in [6, 6.07) is 0. The molecule has 14 heavy (non-hydrogen) atoms. The fraction of sp³-hybridized carbons (Fsp3) is 0.778. The van der Waals surface area contributed by atoms with E-state index in [4.69, 9.17) is 4.84 Å². The van der Waals surface area contributed by atoms with Gasteiger partial charge in [-0.3, -0.25) is 19.3 Å². The Balaban J connectivity index is 2.54. The first-order valence-corrected chi connectivity index (χ1v) is 4.82. The van der Waals surface area contributed by atoms with E-state index in [9.17, 15) is 9.59 Å². The van der Waals surface area contributed by atoms with Crippen LogP contribution >= 0.6 is 0 Å². The highest BCUT2D eigenvalue weighted by molar-refractivity contribution is 6.04. The molecule has 0 spiro atoms. The minimum absolute atomic E-state index is 0.159. The standard InChI is InChI=1S/C9H16N2O3/c1-4-11(5-2)14-7-6-8(12)10(3)9(7)13/h7H,4-6H2,1-3H3. The lowest BCUT2D eigenvalue weighted by Gasteiger charge is -2.20. The average Bonchev–Trinajstić information content (AvgIpc) is 2.42. The Morgan fingerprint density at radius 3 is 2.36 bits per heavy atom. The highest BCUT2D eigenvalue weighted by Crippen LogP contribution is 2.15. The Morgan fingerprint density at radius 2 is 2.00 bits per heavy atom. The number of hydrogen-bond acceptors (Lipinski definition) is 4. The Morgan fingerprint density at radius 1 is 1.43 bits per heavy atom. The van der Waals surface area contributed by atoms with E-state index in [0.29, 0.717) is 13.1 Å². The van der Waals surface area contributed by atoms with Crippen LogP contribution in [0.2, 0.25) is 0 Å². The molecule has 1 aliphatic heterocycles. The molecule has 0 bridgehead atoms. The molecule has 2 amide bonds. The van der Waals surface area contributed by atoms with Gasteiger partial charge in [-0.05, 0) is 0 Å². The molecule has 1 saturated heterocycles. The monoisotopic (exact) mass is 200 g/mol. The summed E-state index contributed by atoms with van der Waals surface area (Å²) in [5.74, 6) is -0.422. The Bertz CT molecular complexity index is 238. The summed E-state index contributed by atoms with van der Waals surface area (Å²) in [6.07, 6.45) is -0.460. The van der Waals surface area contributed by atoms with Gasteiger partial charge in [-0.2, -0.15) is 5.06 Å². The summed E-state index contributed by atoms with van der Waals surface area (Å²) < 4.78 is 0. The fourth-order valence-electron chi connectivity index (χ4n) is 1.36. The van der Waals surface area contributed by atoms with E-state index in [1.807, 2.05) is 13.8 Å². The number of likely N-dealkylation sites (N-methyl/N-ethyl adjacent to an activating group) is 1. The number of rotatable bonds is 4. The zero-order valence-electron chi connectivity index (χ0n) is 8.82. The minimum Gasteiger partial charge on any atom is -0.285 e. The largest absolute Gasteiger partial charge is 0.285 e. The van der Waals surface area contributed by atoms with Crippen LogP contribution in [0.15, 0.2) is 0 Å². The van der Waals surface area contributed by atoms with Crippen molar-refractivity contribution < 1.29 is 14.4 Å². The second kappa shape index (κ2) is 4.52. The molecule has 0 aromatic heterocycles. The molecule has 0 aromatic rings. The van der Waals surface area contributed by atoms with Gasteiger partial charge in [-0.25, -0.2) is 0 Å². The molecule has 0 aromatic carbocycles. The number of nitrogens with zero attached hydrogens (tertiary/aromatic N) is 2. The third-order valence-electron chi connectivity index (χ3n) is 2.32. The molecular formula is C9H16N2O3. The van der Waals surface area contributed by atoms with Crippen molar-refractivity contribution in [2.45, 2.75) is 26.4 Å². The molecule has 5 nitrogen and oxygen atoms in total. The van der Waals surface area contributed by atoms with Crippen molar-refractivity contribution in [2.24, 2.45) is 0 Å². The number of amides is 2. The normalized spacial score (nSPS) is 22.6. The maximum atomic E-state index is 11.4. The van der Waals surface area contributed by atoms with E-state index in [-0.39, 0.29) is 18.2 Å². The van der Waals surface area contributed by atoms with E-state index in [2.05, 4.69) is 0 Å².